The molecule has 1 aliphatic heterocycles. The van der Waals surface area contributed by atoms with E-state index in [-0.39, 0.29) is 0 Å². The van der Waals surface area contributed by atoms with Gasteiger partial charge in [0.25, 0.3) is 0 Å². The van der Waals surface area contributed by atoms with E-state index >= 15 is 0 Å². The Morgan fingerprint density at radius 2 is 2.27 bits per heavy atom. The van der Waals surface area contributed by atoms with Gasteiger partial charge in [-0.25, -0.2) is 0 Å². The van der Waals surface area contributed by atoms with Crippen LogP contribution in [0.3, 0.4) is 0 Å². The molecule has 2 rings (SSSR count). The average Bonchev–Trinajstić information content (AvgIpc) is 2.86. The first-order valence-electron chi connectivity index (χ1n) is 8.22. The van der Waals surface area contributed by atoms with Gasteiger partial charge < -0.3 is 14.7 Å². The molecule has 1 saturated heterocycles. The summed E-state index contributed by atoms with van der Waals surface area (Å²) in [7, 11) is 0. The van der Waals surface area contributed by atoms with E-state index in [1.54, 1.807) is 0 Å². The minimum Gasteiger partial charge on any atom is -0.361 e. The lowest BCUT2D eigenvalue weighted by molar-refractivity contribution is 0.392. The van der Waals surface area contributed by atoms with Crippen molar-refractivity contribution in [3.05, 3.63) is 17.0 Å². The van der Waals surface area contributed by atoms with Crippen LogP contribution in [0.15, 0.2) is 9.52 Å². The third-order valence-electron chi connectivity index (χ3n) is 4.03. The molecule has 124 valence electrons. The number of hydrogen-bond acceptors (Lipinski definition) is 4. The van der Waals surface area contributed by atoms with Gasteiger partial charge in [-0.05, 0) is 33.6 Å². The largest absolute Gasteiger partial charge is 0.361 e. The topological polar surface area (TPSA) is 53.7 Å². The zero-order valence-corrected chi connectivity index (χ0v) is 15.0. The Hall–Kier alpha value is -1.17. The molecule has 1 fully saturated rings. The number of aryl methyl sites for hydroxylation is 2. The van der Waals surface area contributed by atoms with Gasteiger partial charge in [-0.1, -0.05) is 12.1 Å². The highest BCUT2D eigenvalue weighted by Gasteiger charge is 2.21. The van der Waals surface area contributed by atoms with Gasteiger partial charge in [0.15, 0.2) is 5.96 Å². The van der Waals surface area contributed by atoms with Crippen molar-refractivity contribution in [3.8, 4) is 0 Å². The van der Waals surface area contributed by atoms with Gasteiger partial charge >= 0.3 is 0 Å². The monoisotopic (exact) mass is 324 g/mol. The van der Waals surface area contributed by atoms with E-state index < -0.39 is 0 Å². The van der Waals surface area contributed by atoms with Crippen molar-refractivity contribution in [2.75, 3.05) is 31.9 Å². The Morgan fingerprint density at radius 3 is 2.91 bits per heavy atom. The second-order valence-corrected chi connectivity index (χ2v) is 7.04. The summed E-state index contributed by atoms with van der Waals surface area (Å²) in [5.74, 6) is 3.15. The van der Waals surface area contributed by atoms with Crippen molar-refractivity contribution in [1.29, 1.82) is 0 Å². The lowest BCUT2D eigenvalue weighted by Crippen LogP contribution is -2.48. The van der Waals surface area contributed by atoms with Crippen LogP contribution in [0.1, 0.15) is 37.3 Å². The van der Waals surface area contributed by atoms with Gasteiger partial charge in [0.2, 0.25) is 0 Å². The molecule has 1 atom stereocenters. The van der Waals surface area contributed by atoms with Crippen LogP contribution in [0.4, 0.5) is 0 Å². The Bertz CT molecular complexity index is 481. The second-order valence-electron chi connectivity index (χ2n) is 5.64. The summed E-state index contributed by atoms with van der Waals surface area (Å²) in [4.78, 5) is 7.22. The number of thioether (sulfide) groups is 1. The molecule has 0 bridgehead atoms. The van der Waals surface area contributed by atoms with Crippen molar-refractivity contribution in [2.24, 2.45) is 4.99 Å². The zero-order valence-electron chi connectivity index (χ0n) is 14.2. The Kier molecular flexibility index (Phi) is 6.61. The number of hydrogen-bond donors (Lipinski definition) is 1. The van der Waals surface area contributed by atoms with Crippen LogP contribution in [0.25, 0.3) is 0 Å². The maximum absolute atomic E-state index is 5.22. The van der Waals surface area contributed by atoms with Crippen LogP contribution in [0, 0.1) is 13.8 Å². The molecule has 0 radical (unpaired) electrons. The third-order valence-corrected chi connectivity index (χ3v) is 5.41. The zero-order chi connectivity index (χ0) is 15.9. The van der Waals surface area contributed by atoms with Crippen LogP contribution in [-0.2, 0) is 6.42 Å². The lowest BCUT2D eigenvalue weighted by Gasteiger charge is -2.34. The van der Waals surface area contributed by atoms with E-state index in [1.165, 1.54) is 17.7 Å². The van der Waals surface area contributed by atoms with Gasteiger partial charge in [0.1, 0.15) is 5.76 Å². The van der Waals surface area contributed by atoms with Crippen LogP contribution in [0.5, 0.6) is 0 Å². The van der Waals surface area contributed by atoms with Gasteiger partial charge in [-0.15, -0.1) is 0 Å². The highest BCUT2D eigenvalue weighted by Crippen LogP contribution is 2.21. The van der Waals surface area contributed by atoms with Crippen LogP contribution in [-0.4, -0.2) is 53.2 Å². The predicted molar refractivity (Wildman–Crippen MR) is 93.8 cm³/mol. The van der Waals surface area contributed by atoms with Gasteiger partial charge in [0.05, 0.1) is 5.69 Å². The van der Waals surface area contributed by atoms with Gasteiger partial charge in [-0.2, -0.15) is 11.8 Å². The first-order chi connectivity index (χ1) is 10.7. The maximum Gasteiger partial charge on any atom is 0.193 e. The molecule has 2 heterocycles. The standard InChI is InChI=1S/C16H28N4OS/c1-5-14-11-20(9-10-22-14)16(17-6-2)18-8-7-15-12(3)19-21-13(15)4/h14H,5-11H2,1-4H3,(H,17,18). The number of rotatable bonds is 5. The molecule has 1 unspecified atom stereocenters. The quantitative estimate of drug-likeness (QED) is 0.666. The maximum atomic E-state index is 5.22. The molecule has 1 aromatic heterocycles. The molecule has 0 saturated carbocycles. The fourth-order valence-electron chi connectivity index (χ4n) is 2.72. The molecule has 0 aliphatic carbocycles. The Balaban J connectivity index is 1.97. The minimum absolute atomic E-state index is 0.722. The number of aliphatic imine (C=N–C) groups is 1. The smallest absolute Gasteiger partial charge is 0.193 e. The van der Waals surface area contributed by atoms with Crippen molar-refractivity contribution in [1.82, 2.24) is 15.4 Å². The first kappa shape index (κ1) is 17.2. The third kappa shape index (κ3) is 4.41. The summed E-state index contributed by atoms with van der Waals surface area (Å²) < 4.78 is 5.22. The summed E-state index contributed by atoms with van der Waals surface area (Å²) in [6.45, 7) is 12.2. The number of nitrogens with one attached hydrogen (secondary N) is 1. The first-order valence-corrected chi connectivity index (χ1v) is 9.27. The van der Waals surface area contributed by atoms with Gasteiger partial charge in [0, 0.05) is 42.7 Å². The molecule has 6 heteroatoms. The van der Waals surface area contributed by atoms with Crippen LogP contribution < -0.4 is 5.32 Å². The molecule has 0 aromatic carbocycles. The van der Waals surface area contributed by atoms with Crippen molar-refractivity contribution in [2.45, 2.75) is 45.8 Å². The normalized spacial score (nSPS) is 19.5. The summed E-state index contributed by atoms with van der Waals surface area (Å²) >= 11 is 2.08. The molecular formula is C16H28N4OS. The fourth-order valence-corrected chi connectivity index (χ4v) is 3.90. The van der Waals surface area contributed by atoms with Crippen LogP contribution >= 0.6 is 11.8 Å². The van der Waals surface area contributed by atoms with E-state index in [2.05, 4.69) is 41.0 Å². The minimum atomic E-state index is 0.722. The summed E-state index contributed by atoms with van der Waals surface area (Å²) in [5, 5.41) is 8.17. The molecule has 1 aliphatic rings. The highest BCUT2D eigenvalue weighted by atomic mass is 32.2. The molecule has 0 amide bonds. The molecular weight excluding hydrogens is 296 g/mol. The predicted octanol–water partition coefficient (Wildman–Crippen LogP) is 2.63. The molecule has 5 nitrogen and oxygen atoms in total. The van der Waals surface area contributed by atoms with E-state index in [9.17, 15) is 0 Å². The Labute approximate surface area is 137 Å². The van der Waals surface area contributed by atoms with Gasteiger partial charge in [-0.3, -0.25) is 4.99 Å². The van der Waals surface area contributed by atoms with E-state index in [1.807, 2.05) is 13.8 Å². The SMILES string of the molecule is CCNC(=NCCc1c(C)noc1C)N1CCSC(CC)C1. The number of aromatic nitrogens is 1. The summed E-state index contributed by atoms with van der Waals surface area (Å²) in [6.07, 6.45) is 2.11. The summed E-state index contributed by atoms with van der Waals surface area (Å²) in [6, 6.07) is 0. The van der Waals surface area contributed by atoms with E-state index in [0.717, 1.165) is 55.3 Å². The second kappa shape index (κ2) is 8.46. The molecule has 1 N–H and O–H groups in total. The lowest BCUT2D eigenvalue weighted by atomic mass is 10.1. The van der Waals surface area contributed by atoms with E-state index in [4.69, 9.17) is 9.52 Å². The highest BCUT2D eigenvalue weighted by molar-refractivity contribution is 8.00. The Morgan fingerprint density at radius 1 is 1.45 bits per heavy atom. The van der Waals surface area contributed by atoms with Crippen molar-refractivity contribution in [3.63, 3.8) is 0 Å². The average molecular weight is 324 g/mol. The van der Waals surface area contributed by atoms with Crippen molar-refractivity contribution >= 4 is 17.7 Å². The molecule has 0 spiro atoms. The van der Waals surface area contributed by atoms with E-state index in [0.29, 0.717) is 0 Å². The molecule has 1 aromatic rings. The fraction of sp³-hybridized carbons (Fsp3) is 0.750. The number of guanidine groups is 1. The van der Waals surface area contributed by atoms with Crippen molar-refractivity contribution < 1.29 is 4.52 Å². The number of nitrogens with zero attached hydrogens (tertiary/aromatic N) is 3. The molecule has 22 heavy (non-hydrogen) atoms. The van der Waals surface area contributed by atoms with Crippen LogP contribution in [0.2, 0.25) is 0 Å². The summed E-state index contributed by atoms with van der Waals surface area (Å²) in [5.41, 5.74) is 2.18.